The Bertz CT molecular complexity index is 622. The predicted molar refractivity (Wildman–Crippen MR) is 90.3 cm³/mol. The SMILES string of the molecule is C[C@H](OCc1ccccc1)C1CC(F)(c2cccc(Br)c2)C1. The summed E-state index contributed by atoms with van der Waals surface area (Å²) in [5.74, 6) is 0.285. The molecule has 0 unspecified atom stereocenters. The van der Waals surface area contributed by atoms with Gasteiger partial charge in [0, 0.05) is 4.47 Å². The zero-order chi connectivity index (χ0) is 15.6. The summed E-state index contributed by atoms with van der Waals surface area (Å²) in [6, 6.07) is 17.7. The summed E-state index contributed by atoms with van der Waals surface area (Å²) < 4.78 is 21.8. The Morgan fingerprint density at radius 3 is 2.59 bits per heavy atom. The highest BCUT2D eigenvalue weighted by Crippen LogP contribution is 2.51. The fourth-order valence-corrected chi connectivity index (χ4v) is 3.44. The van der Waals surface area contributed by atoms with Crippen molar-refractivity contribution >= 4 is 15.9 Å². The van der Waals surface area contributed by atoms with Gasteiger partial charge in [0.25, 0.3) is 0 Å². The van der Waals surface area contributed by atoms with Crippen LogP contribution in [0, 0.1) is 5.92 Å². The number of hydrogen-bond donors (Lipinski definition) is 0. The lowest BCUT2D eigenvalue weighted by atomic mass is 9.67. The number of hydrogen-bond acceptors (Lipinski definition) is 1. The van der Waals surface area contributed by atoms with Crippen LogP contribution in [0.1, 0.15) is 30.9 Å². The third-order valence-electron chi connectivity index (χ3n) is 4.53. The first kappa shape index (κ1) is 15.7. The average Bonchev–Trinajstić information content (AvgIpc) is 2.50. The quantitative estimate of drug-likeness (QED) is 0.669. The Kier molecular flexibility index (Phi) is 4.65. The molecule has 1 aliphatic rings. The number of alkyl halides is 1. The van der Waals surface area contributed by atoms with Gasteiger partial charge in [-0.1, -0.05) is 58.4 Å². The largest absolute Gasteiger partial charge is 0.374 e. The van der Waals surface area contributed by atoms with Crippen LogP contribution in [0.3, 0.4) is 0 Å². The van der Waals surface area contributed by atoms with Gasteiger partial charge in [0.2, 0.25) is 0 Å². The van der Waals surface area contributed by atoms with E-state index in [4.69, 9.17) is 4.74 Å². The minimum Gasteiger partial charge on any atom is -0.374 e. The summed E-state index contributed by atoms with van der Waals surface area (Å²) in [5.41, 5.74) is 0.735. The van der Waals surface area contributed by atoms with E-state index in [0.717, 1.165) is 15.6 Å². The van der Waals surface area contributed by atoms with Crippen molar-refractivity contribution in [1.82, 2.24) is 0 Å². The summed E-state index contributed by atoms with van der Waals surface area (Å²) in [5, 5.41) is 0. The first-order valence-electron chi connectivity index (χ1n) is 7.67. The summed E-state index contributed by atoms with van der Waals surface area (Å²) in [4.78, 5) is 0. The van der Waals surface area contributed by atoms with E-state index in [9.17, 15) is 4.39 Å². The van der Waals surface area contributed by atoms with Crippen LogP contribution in [0.5, 0.6) is 0 Å². The predicted octanol–water partition coefficient (Wildman–Crippen LogP) is 5.63. The van der Waals surface area contributed by atoms with Gasteiger partial charge in [0.1, 0.15) is 5.67 Å². The molecule has 0 amide bonds. The summed E-state index contributed by atoms with van der Waals surface area (Å²) in [7, 11) is 0. The van der Waals surface area contributed by atoms with Gasteiger partial charge >= 0.3 is 0 Å². The Hall–Kier alpha value is -1.19. The third-order valence-corrected chi connectivity index (χ3v) is 5.03. The second kappa shape index (κ2) is 6.51. The lowest BCUT2D eigenvalue weighted by Gasteiger charge is -2.44. The molecular formula is C19H20BrFO. The third kappa shape index (κ3) is 3.41. The summed E-state index contributed by atoms with van der Waals surface area (Å²) in [6.07, 6.45) is 1.16. The van der Waals surface area contributed by atoms with Crippen LogP contribution in [0.4, 0.5) is 4.39 Å². The van der Waals surface area contributed by atoms with E-state index in [2.05, 4.69) is 28.1 Å². The Morgan fingerprint density at radius 1 is 1.18 bits per heavy atom. The van der Waals surface area contributed by atoms with Gasteiger partial charge in [-0.15, -0.1) is 0 Å². The molecule has 0 aromatic heterocycles. The van der Waals surface area contributed by atoms with Crippen LogP contribution < -0.4 is 0 Å². The van der Waals surface area contributed by atoms with Crippen molar-refractivity contribution in [2.24, 2.45) is 5.92 Å². The van der Waals surface area contributed by atoms with E-state index in [1.165, 1.54) is 0 Å². The maximum atomic E-state index is 14.9. The van der Waals surface area contributed by atoms with Crippen molar-refractivity contribution < 1.29 is 9.13 Å². The maximum Gasteiger partial charge on any atom is 0.136 e. The minimum atomic E-state index is -1.20. The smallest absolute Gasteiger partial charge is 0.136 e. The highest BCUT2D eigenvalue weighted by Gasteiger charge is 2.48. The van der Waals surface area contributed by atoms with Crippen molar-refractivity contribution in [2.75, 3.05) is 0 Å². The molecule has 2 aromatic carbocycles. The van der Waals surface area contributed by atoms with Crippen LogP contribution in [-0.4, -0.2) is 6.10 Å². The Balaban J connectivity index is 1.54. The molecule has 3 rings (SSSR count). The maximum absolute atomic E-state index is 14.9. The van der Waals surface area contributed by atoms with E-state index in [1.54, 1.807) is 0 Å². The Labute approximate surface area is 139 Å². The zero-order valence-electron chi connectivity index (χ0n) is 12.6. The van der Waals surface area contributed by atoms with Crippen molar-refractivity contribution in [3.8, 4) is 0 Å². The number of benzene rings is 2. The molecule has 1 saturated carbocycles. The fraction of sp³-hybridized carbons (Fsp3) is 0.368. The number of halogens is 2. The minimum absolute atomic E-state index is 0.0798. The molecule has 3 heteroatoms. The van der Waals surface area contributed by atoms with Crippen LogP contribution >= 0.6 is 15.9 Å². The van der Waals surface area contributed by atoms with E-state index in [-0.39, 0.29) is 12.0 Å². The summed E-state index contributed by atoms with van der Waals surface area (Å²) >= 11 is 3.41. The lowest BCUT2D eigenvalue weighted by molar-refractivity contribution is -0.0859. The highest BCUT2D eigenvalue weighted by molar-refractivity contribution is 9.10. The van der Waals surface area contributed by atoms with Gasteiger partial charge in [-0.05, 0) is 48.9 Å². The van der Waals surface area contributed by atoms with E-state index in [1.807, 2.05) is 49.4 Å². The average molecular weight is 363 g/mol. The normalized spacial score (nSPS) is 25.5. The Morgan fingerprint density at radius 2 is 1.91 bits per heavy atom. The van der Waals surface area contributed by atoms with Gasteiger partial charge in [-0.25, -0.2) is 4.39 Å². The van der Waals surface area contributed by atoms with Crippen LogP contribution in [0.25, 0.3) is 0 Å². The molecular weight excluding hydrogens is 343 g/mol. The monoisotopic (exact) mass is 362 g/mol. The molecule has 0 bridgehead atoms. The molecule has 1 atom stereocenters. The first-order valence-corrected chi connectivity index (χ1v) is 8.47. The molecule has 1 fully saturated rings. The molecule has 0 aliphatic heterocycles. The highest BCUT2D eigenvalue weighted by atomic mass is 79.9. The summed E-state index contributed by atoms with van der Waals surface area (Å²) in [6.45, 7) is 2.64. The van der Waals surface area contributed by atoms with Crippen LogP contribution in [0.15, 0.2) is 59.1 Å². The van der Waals surface area contributed by atoms with Gasteiger partial charge < -0.3 is 4.74 Å². The van der Waals surface area contributed by atoms with E-state index < -0.39 is 5.67 Å². The zero-order valence-corrected chi connectivity index (χ0v) is 14.2. The standard InChI is InChI=1S/C19H20BrFO/c1-14(22-13-15-6-3-2-4-7-15)16-11-19(21,12-16)17-8-5-9-18(20)10-17/h2-10,14,16H,11-13H2,1H3/t14-,16?,19?/m0/s1. The topological polar surface area (TPSA) is 9.23 Å². The van der Waals surface area contributed by atoms with Crippen LogP contribution in [0.2, 0.25) is 0 Å². The molecule has 0 N–H and O–H groups in total. The van der Waals surface area contributed by atoms with Crippen LogP contribution in [-0.2, 0) is 17.0 Å². The molecule has 0 saturated heterocycles. The van der Waals surface area contributed by atoms with Crippen molar-refractivity contribution in [3.63, 3.8) is 0 Å². The molecule has 22 heavy (non-hydrogen) atoms. The van der Waals surface area contributed by atoms with Gasteiger partial charge in [-0.2, -0.15) is 0 Å². The van der Waals surface area contributed by atoms with Crippen molar-refractivity contribution in [3.05, 3.63) is 70.2 Å². The second-order valence-electron chi connectivity index (χ2n) is 6.15. The first-order chi connectivity index (χ1) is 10.6. The van der Waals surface area contributed by atoms with E-state index >= 15 is 0 Å². The lowest BCUT2D eigenvalue weighted by Crippen LogP contribution is -2.43. The number of ether oxygens (including phenoxy) is 1. The molecule has 1 nitrogen and oxygen atoms in total. The fourth-order valence-electron chi connectivity index (χ4n) is 3.04. The molecule has 116 valence electrons. The molecule has 0 radical (unpaired) electrons. The van der Waals surface area contributed by atoms with Crippen molar-refractivity contribution in [1.29, 1.82) is 0 Å². The molecule has 2 aromatic rings. The van der Waals surface area contributed by atoms with E-state index in [0.29, 0.717) is 19.4 Å². The second-order valence-corrected chi connectivity index (χ2v) is 7.06. The van der Waals surface area contributed by atoms with Gasteiger partial charge in [-0.3, -0.25) is 0 Å². The van der Waals surface area contributed by atoms with Gasteiger partial charge in [0.15, 0.2) is 0 Å². The van der Waals surface area contributed by atoms with Gasteiger partial charge in [0.05, 0.1) is 12.7 Å². The number of rotatable bonds is 5. The molecule has 0 heterocycles. The van der Waals surface area contributed by atoms with Crippen molar-refractivity contribution in [2.45, 2.75) is 38.1 Å². The molecule has 1 aliphatic carbocycles. The molecule has 0 spiro atoms.